The molecule has 1 heterocycles. The molecule has 0 unspecified atom stereocenters. The maximum absolute atomic E-state index is 13.5. The molecule has 1 N–H and O–H groups in total. The van der Waals surface area contributed by atoms with Gasteiger partial charge in [0.25, 0.3) is 5.91 Å². The van der Waals surface area contributed by atoms with Gasteiger partial charge in [-0.3, -0.25) is 4.79 Å². The molecule has 0 radical (unpaired) electrons. The van der Waals surface area contributed by atoms with Crippen molar-refractivity contribution in [3.63, 3.8) is 0 Å². The standard InChI is InChI=1S/C28H32N4O6S2/c1-22(2)21-38-24-15-13-23(14-16-24)19-29-30-28(33)27-20-31(39(34,35)25-9-5-3-6-10-25)17-18-32(27)40(36,37)26-11-7-4-8-12-26/h3-16,19,22,27H,17-18,20-21H2,1-2H3,(H,30,33)/b29-19-/t27-/m0/s1. The number of nitrogens with one attached hydrogen (secondary N) is 1. The van der Waals surface area contributed by atoms with Crippen LogP contribution >= 0.6 is 0 Å². The number of hydrogen-bond acceptors (Lipinski definition) is 7. The molecule has 1 aliphatic rings. The summed E-state index contributed by atoms with van der Waals surface area (Å²) in [6, 6.07) is 21.3. The molecule has 0 spiro atoms. The van der Waals surface area contributed by atoms with Crippen molar-refractivity contribution in [2.45, 2.75) is 29.7 Å². The van der Waals surface area contributed by atoms with Crippen LogP contribution in [0.15, 0.2) is 99.8 Å². The van der Waals surface area contributed by atoms with Gasteiger partial charge in [-0.25, -0.2) is 22.3 Å². The molecule has 1 amide bonds. The van der Waals surface area contributed by atoms with Crippen LogP contribution in [0, 0.1) is 5.92 Å². The van der Waals surface area contributed by atoms with E-state index >= 15 is 0 Å². The molecule has 12 heteroatoms. The second-order valence-electron chi connectivity index (χ2n) is 9.63. The number of sulfonamides is 2. The van der Waals surface area contributed by atoms with Gasteiger partial charge < -0.3 is 4.74 Å². The van der Waals surface area contributed by atoms with Crippen LogP contribution in [0.25, 0.3) is 0 Å². The second-order valence-corrected chi connectivity index (χ2v) is 13.5. The summed E-state index contributed by atoms with van der Waals surface area (Å²) in [7, 11) is -8.06. The van der Waals surface area contributed by atoms with E-state index in [2.05, 4.69) is 24.4 Å². The number of nitrogens with zero attached hydrogens (tertiary/aromatic N) is 3. The molecule has 0 aliphatic carbocycles. The lowest BCUT2D eigenvalue weighted by Crippen LogP contribution is -2.60. The van der Waals surface area contributed by atoms with Crippen LogP contribution in [0.1, 0.15) is 19.4 Å². The minimum atomic E-state index is -4.10. The van der Waals surface area contributed by atoms with Crippen LogP contribution in [0.5, 0.6) is 5.75 Å². The third kappa shape index (κ3) is 6.94. The summed E-state index contributed by atoms with van der Waals surface area (Å²) in [5, 5.41) is 4.00. The molecular formula is C28H32N4O6S2. The third-order valence-electron chi connectivity index (χ3n) is 6.18. The smallest absolute Gasteiger partial charge is 0.259 e. The van der Waals surface area contributed by atoms with E-state index in [1.807, 2.05) is 0 Å². The van der Waals surface area contributed by atoms with Crippen LogP contribution < -0.4 is 10.2 Å². The Morgan fingerprint density at radius 1 is 0.900 bits per heavy atom. The van der Waals surface area contributed by atoms with Crippen molar-refractivity contribution in [1.82, 2.24) is 14.0 Å². The molecule has 1 fully saturated rings. The van der Waals surface area contributed by atoms with Gasteiger partial charge in [-0.05, 0) is 60.0 Å². The highest BCUT2D eigenvalue weighted by atomic mass is 32.2. The summed E-state index contributed by atoms with van der Waals surface area (Å²) in [4.78, 5) is 13.4. The van der Waals surface area contributed by atoms with Gasteiger partial charge in [0.15, 0.2) is 0 Å². The van der Waals surface area contributed by atoms with Crippen LogP contribution in [0.4, 0.5) is 0 Å². The van der Waals surface area contributed by atoms with Gasteiger partial charge in [-0.15, -0.1) is 0 Å². The molecule has 0 saturated carbocycles. The highest BCUT2D eigenvalue weighted by Gasteiger charge is 2.43. The zero-order valence-corrected chi connectivity index (χ0v) is 23.9. The van der Waals surface area contributed by atoms with Crippen LogP contribution in [0.2, 0.25) is 0 Å². The Labute approximate surface area is 235 Å². The Morgan fingerprint density at radius 2 is 1.48 bits per heavy atom. The molecular weight excluding hydrogens is 552 g/mol. The van der Waals surface area contributed by atoms with Crippen molar-refractivity contribution in [3.05, 3.63) is 90.5 Å². The van der Waals surface area contributed by atoms with Gasteiger partial charge in [0.2, 0.25) is 20.0 Å². The number of rotatable bonds is 10. The SMILES string of the molecule is CC(C)COc1ccc(/C=N\NC(=O)[C@@H]2CN(S(=O)(=O)c3ccccc3)CCN2S(=O)(=O)c2ccccc2)cc1. The van der Waals surface area contributed by atoms with E-state index in [4.69, 9.17) is 4.74 Å². The topological polar surface area (TPSA) is 125 Å². The Bertz CT molecular complexity index is 1530. The summed E-state index contributed by atoms with van der Waals surface area (Å²) < 4.78 is 61.3. The number of hydrazone groups is 1. The first-order valence-electron chi connectivity index (χ1n) is 12.8. The fourth-order valence-electron chi connectivity index (χ4n) is 4.09. The predicted molar refractivity (Wildman–Crippen MR) is 152 cm³/mol. The van der Waals surface area contributed by atoms with E-state index in [0.717, 1.165) is 8.61 Å². The van der Waals surface area contributed by atoms with E-state index < -0.39 is 32.0 Å². The Balaban J connectivity index is 1.54. The first-order chi connectivity index (χ1) is 19.1. The van der Waals surface area contributed by atoms with Crippen molar-refractivity contribution in [2.75, 3.05) is 26.2 Å². The molecule has 1 atom stereocenters. The third-order valence-corrected chi connectivity index (χ3v) is 9.98. The summed E-state index contributed by atoms with van der Waals surface area (Å²) >= 11 is 0. The van der Waals surface area contributed by atoms with E-state index in [1.165, 1.54) is 30.5 Å². The summed E-state index contributed by atoms with van der Waals surface area (Å²) in [6.45, 7) is 4.01. The van der Waals surface area contributed by atoms with Crippen molar-refractivity contribution in [1.29, 1.82) is 0 Å². The maximum Gasteiger partial charge on any atom is 0.259 e. The highest BCUT2D eigenvalue weighted by molar-refractivity contribution is 7.89. The molecule has 0 bridgehead atoms. The lowest BCUT2D eigenvalue weighted by molar-refractivity contribution is -0.125. The fraction of sp³-hybridized carbons (Fsp3) is 0.286. The monoisotopic (exact) mass is 584 g/mol. The molecule has 3 aromatic rings. The number of carbonyl (C=O) groups excluding carboxylic acids is 1. The Morgan fingerprint density at radius 3 is 2.05 bits per heavy atom. The Hall–Kier alpha value is -3.58. The normalized spacial score (nSPS) is 17.2. The average molecular weight is 585 g/mol. The van der Waals surface area contributed by atoms with E-state index in [1.54, 1.807) is 60.7 Å². The lowest BCUT2D eigenvalue weighted by atomic mass is 10.2. The van der Waals surface area contributed by atoms with Gasteiger partial charge in [0.1, 0.15) is 11.8 Å². The molecule has 0 aromatic heterocycles. The largest absolute Gasteiger partial charge is 0.493 e. The lowest BCUT2D eigenvalue weighted by Gasteiger charge is -2.38. The molecule has 4 rings (SSSR count). The summed E-state index contributed by atoms with van der Waals surface area (Å²) in [6.07, 6.45) is 1.42. The predicted octanol–water partition coefficient (Wildman–Crippen LogP) is 2.94. The zero-order chi connectivity index (χ0) is 28.8. The maximum atomic E-state index is 13.5. The minimum Gasteiger partial charge on any atom is -0.493 e. The van der Waals surface area contributed by atoms with Crippen LogP contribution in [0.3, 0.4) is 0 Å². The van der Waals surface area contributed by atoms with Gasteiger partial charge in [0, 0.05) is 19.6 Å². The highest BCUT2D eigenvalue weighted by Crippen LogP contribution is 2.25. The van der Waals surface area contributed by atoms with Crippen molar-refractivity contribution in [3.8, 4) is 5.75 Å². The molecule has 10 nitrogen and oxygen atoms in total. The van der Waals surface area contributed by atoms with Gasteiger partial charge in [-0.1, -0.05) is 50.2 Å². The average Bonchev–Trinajstić information content (AvgIpc) is 2.97. The number of carbonyl (C=O) groups is 1. The van der Waals surface area contributed by atoms with Crippen LogP contribution in [-0.4, -0.2) is 69.9 Å². The number of benzene rings is 3. The quantitative estimate of drug-likeness (QED) is 0.289. The minimum absolute atomic E-state index is 0.00967. The van der Waals surface area contributed by atoms with Crippen molar-refractivity contribution in [2.24, 2.45) is 11.0 Å². The molecule has 1 saturated heterocycles. The fourth-order valence-corrected chi connectivity index (χ4v) is 7.14. The molecule has 1 aliphatic heterocycles. The first kappa shape index (κ1) is 29.4. The first-order valence-corrected chi connectivity index (χ1v) is 15.6. The zero-order valence-electron chi connectivity index (χ0n) is 22.3. The number of amides is 1. The van der Waals surface area contributed by atoms with Crippen molar-refractivity contribution < 1.29 is 26.4 Å². The van der Waals surface area contributed by atoms with Gasteiger partial charge >= 0.3 is 0 Å². The summed E-state index contributed by atoms with van der Waals surface area (Å²) in [5.41, 5.74) is 3.08. The summed E-state index contributed by atoms with van der Waals surface area (Å²) in [5.74, 6) is 0.347. The molecule has 212 valence electrons. The van der Waals surface area contributed by atoms with Crippen molar-refractivity contribution >= 4 is 32.2 Å². The van der Waals surface area contributed by atoms with Gasteiger partial charge in [-0.2, -0.15) is 13.7 Å². The van der Waals surface area contributed by atoms with Gasteiger partial charge in [0.05, 0.1) is 22.6 Å². The van der Waals surface area contributed by atoms with E-state index in [0.29, 0.717) is 23.8 Å². The van der Waals surface area contributed by atoms with E-state index in [9.17, 15) is 21.6 Å². The second kappa shape index (κ2) is 12.7. The Kier molecular flexibility index (Phi) is 9.36. The molecule has 3 aromatic carbocycles. The number of piperazine rings is 1. The van der Waals surface area contributed by atoms with E-state index in [-0.39, 0.29) is 29.4 Å². The molecule has 40 heavy (non-hydrogen) atoms. The number of hydrogen-bond donors (Lipinski definition) is 1. The number of ether oxygens (including phenoxy) is 1. The van der Waals surface area contributed by atoms with Crippen LogP contribution in [-0.2, 0) is 24.8 Å².